The number of pyridine rings is 1. The summed E-state index contributed by atoms with van der Waals surface area (Å²) in [5, 5.41) is 0.448. The summed E-state index contributed by atoms with van der Waals surface area (Å²) in [6, 6.07) is 11.3. The van der Waals surface area contributed by atoms with E-state index in [2.05, 4.69) is 15.8 Å². The Balaban J connectivity index is 1.96. The van der Waals surface area contributed by atoms with E-state index in [-0.39, 0.29) is 5.69 Å². The maximum absolute atomic E-state index is 11.7. The molecule has 2 aromatic rings. The highest BCUT2D eigenvalue weighted by Gasteiger charge is 2.09. The van der Waals surface area contributed by atoms with E-state index in [4.69, 9.17) is 11.6 Å². The van der Waals surface area contributed by atoms with Crippen LogP contribution in [0.15, 0.2) is 48.7 Å². The average molecular weight is 276 g/mol. The summed E-state index contributed by atoms with van der Waals surface area (Å²) in [5.74, 6) is -0.942. The third-order valence-corrected chi connectivity index (χ3v) is 2.51. The minimum Gasteiger partial charge on any atom is -0.267 e. The molecule has 96 valence electrons. The van der Waals surface area contributed by atoms with E-state index in [0.29, 0.717) is 10.6 Å². The lowest BCUT2D eigenvalue weighted by atomic mass is 10.2. The quantitative estimate of drug-likeness (QED) is 0.821. The van der Waals surface area contributed by atoms with Gasteiger partial charge in [0.1, 0.15) is 5.69 Å². The summed E-state index contributed by atoms with van der Waals surface area (Å²) in [6.07, 6.45) is 1.49. The van der Waals surface area contributed by atoms with Crippen LogP contribution in [0.25, 0.3) is 0 Å². The molecule has 0 aliphatic carbocycles. The molecule has 2 amide bonds. The molecule has 2 rings (SSSR count). The predicted octanol–water partition coefficient (Wildman–Crippen LogP) is 1.81. The number of hydrogen-bond acceptors (Lipinski definition) is 3. The van der Waals surface area contributed by atoms with Crippen LogP contribution < -0.4 is 10.9 Å². The fourth-order valence-electron chi connectivity index (χ4n) is 1.38. The van der Waals surface area contributed by atoms with Gasteiger partial charge < -0.3 is 0 Å². The van der Waals surface area contributed by atoms with Crippen molar-refractivity contribution in [3.05, 3.63) is 64.9 Å². The van der Waals surface area contributed by atoms with Crippen LogP contribution in [0.2, 0.25) is 5.02 Å². The largest absolute Gasteiger partial charge is 0.288 e. The molecule has 0 aliphatic rings. The zero-order valence-electron chi connectivity index (χ0n) is 9.76. The summed E-state index contributed by atoms with van der Waals surface area (Å²) < 4.78 is 0. The molecule has 0 radical (unpaired) electrons. The van der Waals surface area contributed by atoms with Crippen LogP contribution in [0.3, 0.4) is 0 Å². The molecule has 6 heteroatoms. The number of carbonyl (C=O) groups excluding carboxylic acids is 2. The molecule has 1 heterocycles. The molecule has 2 N–H and O–H groups in total. The van der Waals surface area contributed by atoms with Crippen LogP contribution in [0.1, 0.15) is 20.8 Å². The van der Waals surface area contributed by atoms with Gasteiger partial charge in [-0.15, -0.1) is 0 Å². The van der Waals surface area contributed by atoms with Crippen LogP contribution in [0.4, 0.5) is 0 Å². The van der Waals surface area contributed by atoms with E-state index < -0.39 is 11.8 Å². The Hall–Kier alpha value is -2.40. The summed E-state index contributed by atoms with van der Waals surface area (Å²) in [4.78, 5) is 27.2. The first-order chi connectivity index (χ1) is 9.16. The van der Waals surface area contributed by atoms with Gasteiger partial charge in [-0.25, -0.2) is 0 Å². The van der Waals surface area contributed by atoms with Gasteiger partial charge in [-0.2, -0.15) is 0 Å². The van der Waals surface area contributed by atoms with Crippen molar-refractivity contribution in [3.8, 4) is 0 Å². The van der Waals surface area contributed by atoms with Crippen LogP contribution in [0.5, 0.6) is 0 Å². The second-order valence-corrected chi connectivity index (χ2v) is 4.07. The standard InChI is InChI=1S/C13H10ClN3O2/c14-10-5-3-4-9(8-10)12(18)16-17-13(19)11-6-1-2-7-15-11/h1-8H,(H,16,18)(H,17,19). The smallest absolute Gasteiger partial charge is 0.267 e. The minimum atomic E-state index is -0.490. The minimum absolute atomic E-state index is 0.217. The number of nitrogens with one attached hydrogen (secondary N) is 2. The van der Waals surface area contributed by atoms with Crippen molar-refractivity contribution in [2.24, 2.45) is 0 Å². The molecule has 5 nitrogen and oxygen atoms in total. The van der Waals surface area contributed by atoms with Crippen LogP contribution in [-0.4, -0.2) is 16.8 Å². The first kappa shape index (κ1) is 13.0. The molecule has 0 unspecified atom stereocenters. The van der Waals surface area contributed by atoms with Gasteiger partial charge in [-0.1, -0.05) is 23.7 Å². The Kier molecular flexibility index (Phi) is 4.10. The number of nitrogens with zero attached hydrogens (tertiary/aromatic N) is 1. The van der Waals surface area contributed by atoms with Crippen LogP contribution in [0, 0.1) is 0 Å². The summed E-state index contributed by atoms with van der Waals surface area (Å²) >= 11 is 5.77. The Labute approximate surface area is 114 Å². The van der Waals surface area contributed by atoms with Gasteiger partial charge in [0.25, 0.3) is 11.8 Å². The normalized spacial score (nSPS) is 9.74. The lowest BCUT2D eigenvalue weighted by Gasteiger charge is -2.06. The molecule has 1 aromatic carbocycles. The maximum atomic E-state index is 11.7. The zero-order chi connectivity index (χ0) is 13.7. The van der Waals surface area contributed by atoms with Gasteiger partial charge in [0.05, 0.1) is 0 Å². The lowest BCUT2D eigenvalue weighted by Crippen LogP contribution is -2.41. The van der Waals surface area contributed by atoms with E-state index >= 15 is 0 Å². The molecule has 0 aliphatic heterocycles. The van der Waals surface area contributed by atoms with E-state index in [1.54, 1.807) is 36.4 Å². The maximum Gasteiger partial charge on any atom is 0.288 e. The number of carbonyl (C=O) groups is 2. The second kappa shape index (κ2) is 5.97. The molecule has 0 fully saturated rings. The van der Waals surface area contributed by atoms with E-state index in [1.165, 1.54) is 12.3 Å². The van der Waals surface area contributed by atoms with Gasteiger partial charge in [0.2, 0.25) is 0 Å². The SMILES string of the molecule is O=C(NNC(=O)c1ccccn1)c1cccc(Cl)c1. The summed E-state index contributed by atoms with van der Waals surface area (Å²) in [5.41, 5.74) is 5.13. The fraction of sp³-hybridized carbons (Fsp3) is 0. The van der Waals surface area contributed by atoms with Crippen molar-refractivity contribution < 1.29 is 9.59 Å². The fourth-order valence-corrected chi connectivity index (χ4v) is 1.57. The van der Waals surface area contributed by atoms with E-state index in [1.807, 2.05) is 0 Å². The Morgan fingerprint density at radius 1 is 1.00 bits per heavy atom. The first-order valence-corrected chi connectivity index (χ1v) is 5.82. The van der Waals surface area contributed by atoms with E-state index in [0.717, 1.165) is 0 Å². The van der Waals surface area contributed by atoms with Gasteiger partial charge in [0, 0.05) is 16.8 Å². The van der Waals surface area contributed by atoms with E-state index in [9.17, 15) is 9.59 Å². The third-order valence-electron chi connectivity index (χ3n) is 2.27. The number of hydrogen-bond donors (Lipinski definition) is 2. The monoisotopic (exact) mass is 275 g/mol. The van der Waals surface area contributed by atoms with Gasteiger partial charge >= 0.3 is 0 Å². The molecule has 19 heavy (non-hydrogen) atoms. The van der Waals surface area contributed by atoms with Gasteiger partial charge in [0.15, 0.2) is 0 Å². The molecular weight excluding hydrogens is 266 g/mol. The molecular formula is C13H10ClN3O2. The average Bonchev–Trinajstić information content (AvgIpc) is 2.45. The topological polar surface area (TPSA) is 71.1 Å². The van der Waals surface area contributed by atoms with Crippen molar-refractivity contribution in [3.63, 3.8) is 0 Å². The predicted molar refractivity (Wildman–Crippen MR) is 70.6 cm³/mol. The van der Waals surface area contributed by atoms with Crippen molar-refractivity contribution in [2.75, 3.05) is 0 Å². The lowest BCUT2D eigenvalue weighted by molar-refractivity contribution is 0.0844. The summed E-state index contributed by atoms with van der Waals surface area (Å²) in [7, 11) is 0. The molecule has 0 saturated carbocycles. The van der Waals surface area contributed by atoms with Crippen molar-refractivity contribution >= 4 is 23.4 Å². The highest BCUT2D eigenvalue weighted by atomic mass is 35.5. The summed E-state index contributed by atoms with van der Waals surface area (Å²) in [6.45, 7) is 0. The molecule has 0 saturated heterocycles. The highest BCUT2D eigenvalue weighted by Crippen LogP contribution is 2.10. The van der Waals surface area contributed by atoms with Crippen LogP contribution >= 0.6 is 11.6 Å². The highest BCUT2D eigenvalue weighted by molar-refractivity contribution is 6.30. The van der Waals surface area contributed by atoms with Crippen LogP contribution in [-0.2, 0) is 0 Å². The molecule has 1 aromatic heterocycles. The van der Waals surface area contributed by atoms with Gasteiger partial charge in [-0.05, 0) is 30.3 Å². The van der Waals surface area contributed by atoms with Crippen molar-refractivity contribution in [2.45, 2.75) is 0 Å². The number of benzene rings is 1. The zero-order valence-corrected chi connectivity index (χ0v) is 10.5. The molecule has 0 atom stereocenters. The van der Waals surface area contributed by atoms with Crippen molar-refractivity contribution in [1.29, 1.82) is 0 Å². The Morgan fingerprint density at radius 3 is 2.47 bits per heavy atom. The third kappa shape index (κ3) is 3.53. The van der Waals surface area contributed by atoms with Crippen molar-refractivity contribution in [1.82, 2.24) is 15.8 Å². The number of rotatable bonds is 2. The number of halogens is 1. The molecule has 0 bridgehead atoms. The number of hydrazine groups is 1. The van der Waals surface area contributed by atoms with Gasteiger partial charge in [-0.3, -0.25) is 25.4 Å². The number of aromatic nitrogens is 1. The first-order valence-electron chi connectivity index (χ1n) is 5.44. The number of amides is 2. The Bertz CT molecular complexity index is 602. The second-order valence-electron chi connectivity index (χ2n) is 3.63. The Morgan fingerprint density at radius 2 is 1.79 bits per heavy atom. The molecule has 0 spiro atoms.